The van der Waals surface area contributed by atoms with Crippen molar-refractivity contribution < 1.29 is 13.3 Å². The normalized spacial score (nSPS) is 12.1. The number of halogens is 2. The lowest BCUT2D eigenvalue weighted by atomic mass is 10.1. The Morgan fingerprint density at radius 1 is 1.16 bits per heavy atom. The molecule has 0 radical (unpaired) electrons. The van der Waals surface area contributed by atoms with Crippen LogP contribution in [0, 0.1) is 11.6 Å². The summed E-state index contributed by atoms with van der Waals surface area (Å²) in [4.78, 5) is 8.07. The van der Waals surface area contributed by atoms with Crippen LogP contribution in [0.2, 0.25) is 0 Å². The number of hydrogen-bond acceptors (Lipinski definition) is 5. The Morgan fingerprint density at radius 3 is 2.43 bits per heavy atom. The van der Waals surface area contributed by atoms with Crippen LogP contribution in [0.1, 0.15) is 45.4 Å². The van der Waals surface area contributed by atoms with Crippen LogP contribution in [0.15, 0.2) is 87.0 Å². The Hall–Kier alpha value is -4.07. The van der Waals surface area contributed by atoms with Crippen molar-refractivity contribution in [3.8, 4) is 11.3 Å². The first-order valence-electron chi connectivity index (χ1n) is 12.1. The predicted octanol–water partition coefficient (Wildman–Crippen LogP) is 6.95. The molecule has 0 unspecified atom stereocenters. The van der Waals surface area contributed by atoms with Gasteiger partial charge in [-0.15, -0.1) is 0 Å². The molecule has 0 saturated carbocycles. The minimum Gasteiger partial charge on any atom is -0.385 e. The lowest BCUT2D eigenvalue weighted by Crippen LogP contribution is -2.15. The number of amidine groups is 1. The van der Waals surface area contributed by atoms with Crippen LogP contribution < -0.4 is 11.1 Å². The number of nitrogens with two attached hydrogens (primary N) is 1. The quantitative estimate of drug-likeness (QED) is 0.186. The maximum atomic E-state index is 13.7. The second-order valence-corrected chi connectivity index (χ2v) is 8.10. The van der Waals surface area contributed by atoms with E-state index in [-0.39, 0.29) is 11.4 Å². The van der Waals surface area contributed by atoms with Gasteiger partial charge in [0.1, 0.15) is 17.3 Å². The number of hydrogen-bond donors (Lipinski definition) is 2. The minimum absolute atomic E-state index is 0.101. The fourth-order valence-corrected chi connectivity index (χ4v) is 3.24. The molecule has 37 heavy (non-hydrogen) atoms. The van der Waals surface area contributed by atoms with Crippen LogP contribution in [0.4, 0.5) is 14.5 Å². The molecule has 3 rings (SSSR count). The standard InChI is InChI=1S/C15H17F2N3.C14H18N2O/c1-5-13(9(2)15(18)19-4)20-10(3)11-7-6-8-12(16)14(11)17;1-3-9-15-12-7-5-11(6-8-12)14-10-13(4-2)17-16-14/h5-8H,2H2,1,3-4H3,(H2,18,19);5-8,10,15H,3-4,9H2,1-2H3/b13-5+,20-10?;. The monoisotopic (exact) mass is 507 g/mol. The fourth-order valence-electron chi connectivity index (χ4n) is 3.24. The summed E-state index contributed by atoms with van der Waals surface area (Å²) in [5.74, 6) is -0.665. The zero-order chi connectivity index (χ0) is 27.4. The van der Waals surface area contributed by atoms with Gasteiger partial charge in [-0.25, -0.2) is 8.78 Å². The Balaban J connectivity index is 0.000000263. The van der Waals surface area contributed by atoms with Crippen LogP contribution in [-0.2, 0) is 6.42 Å². The molecule has 0 fully saturated rings. The highest BCUT2D eigenvalue weighted by Gasteiger charge is 2.12. The van der Waals surface area contributed by atoms with Gasteiger partial charge in [-0.1, -0.05) is 49.9 Å². The van der Waals surface area contributed by atoms with Crippen LogP contribution in [0.3, 0.4) is 0 Å². The minimum atomic E-state index is -0.924. The van der Waals surface area contributed by atoms with Crippen molar-refractivity contribution in [3.63, 3.8) is 0 Å². The second kappa shape index (κ2) is 14.5. The van der Waals surface area contributed by atoms with Gasteiger partial charge in [-0.05, 0) is 44.5 Å². The van der Waals surface area contributed by atoms with Gasteiger partial charge in [-0.3, -0.25) is 9.98 Å². The molecule has 2 aromatic carbocycles. The Morgan fingerprint density at radius 2 is 1.86 bits per heavy atom. The van der Waals surface area contributed by atoms with Gasteiger partial charge in [0.2, 0.25) is 0 Å². The van der Waals surface area contributed by atoms with E-state index >= 15 is 0 Å². The van der Waals surface area contributed by atoms with E-state index in [1.807, 2.05) is 6.07 Å². The first-order chi connectivity index (χ1) is 17.7. The van der Waals surface area contributed by atoms with Crippen molar-refractivity contribution in [2.24, 2.45) is 15.7 Å². The Labute approximate surface area is 217 Å². The number of aryl methyl sites for hydroxylation is 1. The van der Waals surface area contributed by atoms with E-state index in [4.69, 9.17) is 10.3 Å². The van der Waals surface area contributed by atoms with E-state index < -0.39 is 11.6 Å². The van der Waals surface area contributed by atoms with Gasteiger partial charge in [0.15, 0.2) is 11.6 Å². The van der Waals surface area contributed by atoms with Crippen molar-refractivity contribution >= 4 is 17.2 Å². The molecular formula is C29H35F2N5O. The first-order valence-corrected chi connectivity index (χ1v) is 12.1. The van der Waals surface area contributed by atoms with E-state index in [2.05, 4.69) is 65.2 Å². The molecule has 0 spiro atoms. The van der Waals surface area contributed by atoms with Gasteiger partial charge < -0.3 is 15.6 Å². The SMILES string of the molecule is C=C(C(N)=NC)/C(=C\C)N=C(C)c1cccc(F)c1F.CCCNc1ccc(-c2cc(CC)on2)cc1. The van der Waals surface area contributed by atoms with E-state index in [0.717, 1.165) is 48.2 Å². The maximum Gasteiger partial charge on any atom is 0.167 e. The molecule has 196 valence electrons. The summed E-state index contributed by atoms with van der Waals surface area (Å²) < 4.78 is 32.1. The highest BCUT2D eigenvalue weighted by Crippen LogP contribution is 2.21. The summed E-state index contributed by atoms with van der Waals surface area (Å²) in [5, 5.41) is 7.40. The van der Waals surface area contributed by atoms with Crippen molar-refractivity contribution in [2.45, 2.75) is 40.5 Å². The largest absolute Gasteiger partial charge is 0.385 e. The molecular weight excluding hydrogens is 472 g/mol. The summed E-state index contributed by atoms with van der Waals surface area (Å²) in [6.45, 7) is 12.3. The fraction of sp³-hybridized carbons (Fsp3) is 0.276. The zero-order valence-corrected chi connectivity index (χ0v) is 22.1. The van der Waals surface area contributed by atoms with Crippen molar-refractivity contribution in [1.29, 1.82) is 0 Å². The number of nitrogens with one attached hydrogen (secondary N) is 1. The number of rotatable bonds is 9. The van der Waals surface area contributed by atoms with Gasteiger partial charge in [0.25, 0.3) is 0 Å². The summed E-state index contributed by atoms with van der Waals surface area (Å²) in [7, 11) is 1.54. The molecule has 0 bridgehead atoms. The third kappa shape index (κ3) is 8.24. The number of benzene rings is 2. The average Bonchev–Trinajstić information content (AvgIpc) is 3.41. The van der Waals surface area contributed by atoms with Gasteiger partial charge in [0, 0.05) is 54.2 Å². The third-order valence-corrected chi connectivity index (χ3v) is 5.43. The predicted molar refractivity (Wildman–Crippen MR) is 149 cm³/mol. The molecule has 0 aliphatic carbocycles. The van der Waals surface area contributed by atoms with Crippen molar-refractivity contribution in [1.82, 2.24) is 5.16 Å². The molecule has 8 heteroatoms. The molecule has 1 heterocycles. The molecule has 6 nitrogen and oxygen atoms in total. The number of anilines is 1. The maximum absolute atomic E-state index is 13.7. The van der Waals surface area contributed by atoms with E-state index in [9.17, 15) is 8.78 Å². The summed E-state index contributed by atoms with van der Waals surface area (Å²) >= 11 is 0. The van der Waals surface area contributed by atoms with Gasteiger partial charge in [-0.2, -0.15) is 0 Å². The van der Waals surface area contributed by atoms with Crippen LogP contribution in [0.5, 0.6) is 0 Å². The highest BCUT2D eigenvalue weighted by atomic mass is 19.2. The van der Waals surface area contributed by atoms with Crippen LogP contribution >= 0.6 is 0 Å². The third-order valence-electron chi connectivity index (χ3n) is 5.43. The highest BCUT2D eigenvalue weighted by molar-refractivity contribution is 6.03. The van der Waals surface area contributed by atoms with Gasteiger partial charge in [0.05, 0.1) is 5.70 Å². The van der Waals surface area contributed by atoms with E-state index in [1.165, 1.54) is 19.2 Å². The van der Waals surface area contributed by atoms with Crippen molar-refractivity contribution in [2.75, 3.05) is 18.9 Å². The Kier molecular flexibility index (Phi) is 11.4. The number of allylic oxidation sites excluding steroid dienone is 1. The summed E-state index contributed by atoms with van der Waals surface area (Å²) in [6.07, 6.45) is 3.69. The van der Waals surface area contributed by atoms with Crippen LogP contribution in [-0.4, -0.2) is 30.3 Å². The number of aromatic nitrogens is 1. The molecule has 0 atom stereocenters. The lowest BCUT2D eigenvalue weighted by Gasteiger charge is -2.08. The molecule has 0 aliphatic heterocycles. The van der Waals surface area contributed by atoms with Gasteiger partial charge >= 0.3 is 0 Å². The molecule has 0 saturated heterocycles. The smallest absolute Gasteiger partial charge is 0.167 e. The second-order valence-electron chi connectivity index (χ2n) is 8.10. The molecule has 0 amide bonds. The van der Waals surface area contributed by atoms with Crippen molar-refractivity contribution in [3.05, 3.63) is 95.4 Å². The number of nitrogens with zero attached hydrogens (tertiary/aromatic N) is 3. The lowest BCUT2D eigenvalue weighted by molar-refractivity contribution is 0.389. The topological polar surface area (TPSA) is 88.8 Å². The molecule has 1 aromatic heterocycles. The molecule has 3 aromatic rings. The molecule has 3 N–H and O–H groups in total. The number of aliphatic imine (C=N–C) groups is 2. The average molecular weight is 508 g/mol. The first kappa shape index (κ1) is 29.2. The van der Waals surface area contributed by atoms with E-state index in [1.54, 1.807) is 19.9 Å². The molecule has 0 aliphatic rings. The zero-order valence-electron chi connectivity index (χ0n) is 22.1. The van der Waals surface area contributed by atoms with E-state index in [0.29, 0.717) is 17.0 Å². The Bertz CT molecular complexity index is 1270. The summed E-state index contributed by atoms with van der Waals surface area (Å²) in [5.41, 5.74) is 10.2. The summed E-state index contributed by atoms with van der Waals surface area (Å²) in [6, 6.07) is 14.2. The van der Waals surface area contributed by atoms with Crippen LogP contribution in [0.25, 0.3) is 11.3 Å².